The maximum absolute atomic E-state index is 2.76. The molecule has 0 amide bonds. The standard InChI is InChI=1S/2C18H15GeI/c2*20-19(16-10-4-1-5-11-16,17-12-6-2-7-13-17)18-14-8-3-9-15-18/h2*1-15H. The van der Waals surface area contributed by atoms with Gasteiger partial charge >= 0.3 is 269 Å². The first-order valence-corrected chi connectivity index (χ1v) is 32.4. The zero-order valence-corrected chi connectivity index (χ0v) is 30.6. The number of hydrogen-bond acceptors (Lipinski definition) is 0. The molecule has 0 radical (unpaired) electrons. The second kappa shape index (κ2) is 14.2. The number of halogens is 2. The summed E-state index contributed by atoms with van der Waals surface area (Å²) in [6, 6.07) is 65.8. The van der Waals surface area contributed by atoms with Crippen molar-refractivity contribution in [1.29, 1.82) is 0 Å². The van der Waals surface area contributed by atoms with E-state index in [1.165, 1.54) is 26.4 Å². The van der Waals surface area contributed by atoms with Crippen LogP contribution in [0.3, 0.4) is 0 Å². The Labute approximate surface area is 265 Å². The molecule has 0 aliphatic heterocycles. The average molecular weight is 862 g/mol. The first-order valence-electron chi connectivity index (χ1n) is 13.3. The molecule has 0 bridgehead atoms. The van der Waals surface area contributed by atoms with Gasteiger partial charge in [-0.25, -0.2) is 0 Å². The molecular weight excluding hydrogens is 831 g/mol. The summed E-state index contributed by atoms with van der Waals surface area (Å²) in [5, 5.41) is 0. The van der Waals surface area contributed by atoms with Gasteiger partial charge < -0.3 is 0 Å². The van der Waals surface area contributed by atoms with Gasteiger partial charge in [-0.1, -0.05) is 0 Å². The minimum atomic E-state index is -2.52. The Morgan fingerprint density at radius 3 is 0.475 bits per heavy atom. The van der Waals surface area contributed by atoms with Crippen molar-refractivity contribution in [2.45, 2.75) is 0 Å². The Morgan fingerprint density at radius 2 is 0.350 bits per heavy atom. The van der Waals surface area contributed by atoms with E-state index in [0.717, 1.165) is 0 Å². The third-order valence-corrected chi connectivity index (χ3v) is 40.7. The number of rotatable bonds is 6. The van der Waals surface area contributed by atoms with Gasteiger partial charge in [0, 0.05) is 0 Å². The van der Waals surface area contributed by atoms with E-state index in [4.69, 9.17) is 0 Å². The van der Waals surface area contributed by atoms with Gasteiger partial charge in [0.05, 0.1) is 0 Å². The summed E-state index contributed by atoms with van der Waals surface area (Å²) in [6.45, 7) is 0. The molecule has 40 heavy (non-hydrogen) atoms. The molecule has 0 N–H and O–H groups in total. The predicted octanol–water partition coefficient (Wildman–Crippen LogP) is 6.18. The molecule has 0 aliphatic carbocycles. The van der Waals surface area contributed by atoms with E-state index >= 15 is 0 Å². The molecule has 0 aromatic heterocycles. The molecule has 0 aliphatic rings. The van der Waals surface area contributed by atoms with Crippen molar-refractivity contribution in [3.63, 3.8) is 0 Å². The second-order valence-electron chi connectivity index (χ2n) is 9.51. The van der Waals surface area contributed by atoms with Gasteiger partial charge in [0.1, 0.15) is 0 Å². The molecule has 0 saturated carbocycles. The molecule has 6 rings (SSSR count). The summed E-state index contributed by atoms with van der Waals surface area (Å²) >= 11 is 5.52. The summed E-state index contributed by atoms with van der Waals surface area (Å²) in [6.07, 6.45) is 0. The molecule has 0 fully saturated rings. The fourth-order valence-corrected chi connectivity index (χ4v) is 28.6. The van der Waals surface area contributed by atoms with Gasteiger partial charge in [-0.15, -0.1) is 0 Å². The van der Waals surface area contributed by atoms with Gasteiger partial charge in [-0.2, -0.15) is 0 Å². The fraction of sp³-hybridized carbons (Fsp3) is 0. The van der Waals surface area contributed by atoms with E-state index in [2.05, 4.69) is 222 Å². The van der Waals surface area contributed by atoms with E-state index in [9.17, 15) is 0 Å². The molecule has 6 aromatic carbocycles. The predicted molar refractivity (Wildman–Crippen MR) is 196 cm³/mol. The Kier molecular flexibility index (Phi) is 10.4. The number of hydrogen-bond donors (Lipinski definition) is 0. The third-order valence-electron chi connectivity index (χ3n) is 7.03. The Hall–Kier alpha value is -2.13. The maximum atomic E-state index is 2.76. The molecule has 4 heteroatoms. The van der Waals surface area contributed by atoms with Gasteiger partial charge in [0.2, 0.25) is 0 Å². The summed E-state index contributed by atoms with van der Waals surface area (Å²) < 4.78 is 8.95. The zero-order chi connectivity index (χ0) is 27.7. The van der Waals surface area contributed by atoms with Crippen LogP contribution in [0.5, 0.6) is 0 Å². The molecule has 6 aromatic rings. The Balaban J connectivity index is 0.000000161. The van der Waals surface area contributed by atoms with E-state index in [1.54, 1.807) is 0 Å². The van der Waals surface area contributed by atoms with E-state index < -0.39 is 19.9 Å². The van der Waals surface area contributed by atoms with Crippen molar-refractivity contribution < 1.29 is 0 Å². The first-order chi connectivity index (χ1) is 19.6. The van der Waals surface area contributed by atoms with Crippen LogP contribution in [0.2, 0.25) is 0 Å². The summed E-state index contributed by atoms with van der Waals surface area (Å²) in [5.74, 6) is 0. The van der Waals surface area contributed by atoms with Crippen LogP contribution in [0.4, 0.5) is 0 Å². The average Bonchev–Trinajstić information content (AvgIpc) is 3.07. The van der Waals surface area contributed by atoms with Crippen molar-refractivity contribution in [2.75, 3.05) is 0 Å². The topological polar surface area (TPSA) is 0 Å². The fourth-order valence-electron chi connectivity index (χ4n) is 5.01. The van der Waals surface area contributed by atoms with Crippen LogP contribution < -0.4 is 26.4 Å². The second-order valence-corrected chi connectivity index (χ2v) is 39.1. The van der Waals surface area contributed by atoms with Crippen molar-refractivity contribution >= 4 is 86.7 Å². The summed E-state index contributed by atoms with van der Waals surface area (Å²) in [7, 11) is -5.04. The normalized spacial score (nSPS) is 11.2. The van der Waals surface area contributed by atoms with E-state index in [1.807, 2.05) is 0 Å². The molecule has 196 valence electrons. The van der Waals surface area contributed by atoms with Crippen molar-refractivity contribution in [3.05, 3.63) is 182 Å². The zero-order valence-electron chi connectivity index (χ0n) is 22.1. The van der Waals surface area contributed by atoms with Crippen LogP contribution in [-0.4, -0.2) is 19.9 Å². The number of benzene rings is 6. The monoisotopic (exact) mass is 864 g/mol. The van der Waals surface area contributed by atoms with Gasteiger partial charge in [0.15, 0.2) is 0 Å². The molecule has 0 heterocycles. The first kappa shape index (κ1) is 29.4. The molecule has 0 atom stereocenters. The summed E-state index contributed by atoms with van der Waals surface area (Å²) in [4.78, 5) is 0. The molecule has 0 nitrogen and oxygen atoms in total. The van der Waals surface area contributed by atoms with Gasteiger partial charge in [0.25, 0.3) is 0 Å². The van der Waals surface area contributed by atoms with E-state index in [0.29, 0.717) is 0 Å². The molecule has 0 unspecified atom stereocenters. The van der Waals surface area contributed by atoms with Crippen molar-refractivity contribution in [2.24, 2.45) is 0 Å². The quantitative estimate of drug-likeness (QED) is 0.139. The van der Waals surface area contributed by atoms with Crippen molar-refractivity contribution in [1.82, 2.24) is 0 Å². The van der Waals surface area contributed by atoms with Crippen LogP contribution in [0.1, 0.15) is 0 Å². The van der Waals surface area contributed by atoms with Crippen LogP contribution in [0.15, 0.2) is 182 Å². The van der Waals surface area contributed by atoms with Crippen molar-refractivity contribution in [3.8, 4) is 0 Å². The van der Waals surface area contributed by atoms with Crippen LogP contribution in [0.25, 0.3) is 0 Å². The minimum absolute atomic E-state index is 1.49. The van der Waals surface area contributed by atoms with Crippen LogP contribution >= 0.6 is 40.4 Å². The Bertz CT molecular complexity index is 1260. The molecular formula is C36H30Ge2I2. The van der Waals surface area contributed by atoms with Crippen LogP contribution in [-0.2, 0) is 0 Å². The third kappa shape index (κ3) is 6.51. The van der Waals surface area contributed by atoms with Gasteiger partial charge in [-0.3, -0.25) is 0 Å². The Morgan fingerprint density at radius 1 is 0.225 bits per heavy atom. The van der Waals surface area contributed by atoms with E-state index in [-0.39, 0.29) is 0 Å². The molecule has 0 saturated heterocycles. The SMILES string of the molecule is [I][Ge]([c]1ccccc1)([c]1ccccc1)[c]1ccccc1.[I][Ge]([c]1ccccc1)([c]1ccccc1)[c]1ccccc1. The van der Waals surface area contributed by atoms with Gasteiger partial charge in [-0.05, 0) is 0 Å². The van der Waals surface area contributed by atoms with Crippen LogP contribution in [0, 0.1) is 0 Å². The molecule has 0 spiro atoms. The summed E-state index contributed by atoms with van der Waals surface area (Å²) in [5.41, 5.74) is 0.